The molecule has 0 aromatic carbocycles. The van der Waals surface area contributed by atoms with E-state index < -0.39 is 31.0 Å². The number of amides is 1. The van der Waals surface area contributed by atoms with Gasteiger partial charge < -0.3 is 41.3 Å². The molecule has 9 heteroatoms. The maximum absolute atomic E-state index is 12.2. The SMILES string of the molecule is NCCCCCCCC(=O)N(CCO)C[C@H](O)[C@@H](O)[C@H](O)[C@H](O)CO. The van der Waals surface area contributed by atoms with E-state index in [1.807, 2.05) is 0 Å². The Hall–Kier alpha value is -0.810. The predicted molar refractivity (Wildman–Crippen MR) is 91.5 cm³/mol. The van der Waals surface area contributed by atoms with E-state index in [-0.39, 0.29) is 32.0 Å². The zero-order valence-electron chi connectivity index (χ0n) is 14.7. The summed E-state index contributed by atoms with van der Waals surface area (Å²) in [4.78, 5) is 13.4. The van der Waals surface area contributed by atoms with E-state index in [4.69, 9.17) is 15.9 Å². The highest BCUT2D eigenvalue weighted by Crippen LogP contribution is 2.10. The molecule has 9 nitrogen and oxygen atoms in total. The van der Waals surface area contributed by atoms with Crippen molar-refractivity contribution in [2.45, 2.75) is 62.9 Å². The number of carbonyl (C=O) groups excluding carboxylic acids is 1. The molecular weight excluding hydrogens is 332 g/mol. The molecule has 0 aliphatic heterocycles. The van der Waals surface area contributed by atoms with Crippen LogP contribution in [0, 0.1) is 0 Å². The normalized spacial score (nSPS) is 16.3. The van der Waals surface area contributed by atoms with Gasteiger partial charge in [0.05, 0.1) is 13.2 Å². The Balaban J connectivity index is 4.39. The molecule has 0 aliphatic rings. The van der Waals surface area contributed by atoms with Crippen molar-refractivity contribution >= 4 is 5.91 Å². The minimum atomic E-state index is -1.74. The van der Waals surface area contributed by atoms with Crippen LogP contribution < -0.4 is 5.73 Å². The first kappa shape index (κ1) is 24.2. The van der Waals surface area contributed by atoms with Crippen LogP contribution >= 0.6 is 0 Å². The summed E-state index contributed by atoms with van der Waals surface area (Å²) in [5, 5.41) is 56.5. The van der Waals surface area contributed by atoms with Crippen molar-refractivity contribution < 1.29 is 35.4 Å². The molecule has 4 atom stereocenters. The topological polar surface area (TPSA) is 168 Å². The summed E-state index contributed by atoms with van der Waals surface area (Å²) >= 11 is 0. The van der Waals surface area contributed by atoms with Gasteiger partial charge in [-0.05, 0) is 19.4 Å². The Morgan fingerprint density at radius 3 is 2.00 bits per heavy atom. The number of nitrogens with two attached hydrogens (primary N) is 1. The van der Waals surface area contributed by atoms with Crippen molar-refractivity contribution in [3.63, 3.8) is 0 Å². The molecule has 0 radical (unpaired) electrons. The van der Waals surface area contributed by atoms with Crippen LogP contribution in [-0.4, -0.2) is 98.7 Å². The summed E-state index contributed by atoms with van der Waals surface area (Å²) in [6, 6.07) is 0. The highest BCUT2D eigenvalue weighted by molar-refractivity contribution is 5.76. The first-order valence-corrected chi connectivity index (χ1v) is 8.80. The van der Waals surface area contributed by atoms with E-state index in [0.29, 0.717) is 13.0 Å². The third-order valence-corrected chi connectivity index (χ3v) is 4.05. The standard InChI is InChI=1S/C16H34N2O7/c17-7-5-3-1-2-4-6-14(23)18(8-9-19)10-12(21)15(24)16(25)13(22)11-20/h12-13,15-16,19-22,24-25H,1-11,17H2/t12-,13+,15+,16+/m0/s1. The molecule has 0 spiro atoms. The van der Waals surface area contributed by atoms with Crippen molar-refractivity contribution in [3.05, 3.63) is 0 Å². The second-order valence-corrected chi connectivity index (χ2v) is 6.17. The summed E-state index contributed by atoms with van der Waals surface area (Å²) in [5.74, 6) is -0.267. The number of aliphatic hydroxyl groups excluding tert-OH is 6. The molecule has 0 rings (SSSR count). The minimum absolute atomic E-state index is 0.00552. The zero-order chi connectivity index (χ0) is 19.2. The van der Waals surface area contributed by atoms with Crippen molar-refractivity contribution in [1.82, 2.24) is 4.90 Å². The van der Waals surface area contributed by atoms with Crippen LogP contribution in [0.3, 0.4) is 0 Å². The lowest BCUT2D eigenvalue weighted by Crippen LogP contribution is -2.51. The van der Waals surface area contributed by atoms with Crippen LogP contribution in [0.15, 0.2) is 0 Å². The Morgan fingerprint density at radius 2 is 1.44 bits per heavy atom. The molecule has 0 aliphatic carbocycles. The Labute approximate surface area is 148 Å². The summed E-state index contributed by atoms with van der Waals surface area (Å²) < 4.78 is 0. The van der Waals surface area contributed by atoms with Gasteiger partial charge in [0.2, 0.25) is 5.91 Å². The Bertz CT molecular complexity index is 346. The number of unbranched alkanes of at least 4 members (excludes halogenated alkanes) is 4. The van der Waals surface area contributed by atoms with Crippen LogP contribution in [0.25, 0.3) is 0 Å². The summed E-state index contributed by atoms with van der Waals surface area (Å²) in [6.45, 7) is -0.709. The number of rotatable bonds is 15. The fourth-order valence-corrected chi connectivity index (χ4v) is 2.44. The van der Waals surface area contributed by atoms with E-state index in [1.54, 1.807) is 0 Å². The van der Waals surface area contributed by atoms with Gasteiger partial charge >= 0.3 is 0 Å². The molecule has 25 heavy (non-hydrogen) atoms. The second-order valence-electron chi connectivity index (χ2n) is 6.17. The number of hydrogen-bond donors (Lipinski definition) is 7. The van der Waals surface area contributed by atoms with Gasteiger partial charge in [0.1, 0.15) is 24.4 Å². The smallest absolute Gasteiger partial charge is 0.222 e. The molecule has 0 saturated heterocycles. The maximum atomic E-state index is 12.2. The summed E-state index contributed by atoms with van der Waals surface area (Å²) in [5.41, 5.74) is 5.41. The van der Waals surface area contributed by atoms with Gasteiger partial charge in [0, 0.05) is 19.5 Å². The molecule has 0 unspecified atom stereocenters. The fraction of sp³-hybridized carbons (Fsp3) is 0.938. The molecule has 8 N–H and O–H groups in total. The number of carbonyl (C=O) groups is 1. The molecule has 0 fully saturated rings. The lowest BCUT2D eigenvalue weighted by Gasteiger charge is -2.30. The molecule has 0 aromatic heterocycles. The van der Waals surface area contributed by atoms with Gasteiger partial charge in [0.15, 0.2) is 0 Å². The molecular formula is C16H34N2O7. The molecule has 0 heterocycles. The molecule has 0 aromatic rings. The monoisotopic (exact) mass is 366 g/mol. The number of hydrogen-bond acceptors (Lipinski definition) is 8. The second kappa shape index (κ2) is 14.4. The zero-order valence-corrected chi connectivity index (χ0v) is 14.7. The minimum Gasteiger partial charge on any atom is -0.395 e. The fourth-order valence-electron chi connectivity index (χ4n) is 2.44. The lowest BCUT2D eigenvalue weighted by atomic mass is 10.0. The van der Waals surface area contributed by atoms with Crippen LogP contribution in [0.2, 0.25) is 0 Å². The van der Waals surface area contributed by atoms with Gasteiger partial charge in [-0.3, -0.25) is 4.79 Å². The molecule has 0 saturated carbocycles. The van der Waals surface area contributed by atoms with Gasteiger partial charge in [-0.2, -0.15) is 0 Å². The first-order chi connectivity index (χ1) is 11.9. The molecule has 1 amide bonds. The van der Waals surface area contributed by atoms with Gasteiger partial charge in [-0.15, -0.1) is 0 Å². The number of nitrogens with zero attached hydrogens (tertiary/aromatic N) is 1. The van der Waals surface area contributed by atoms with Gasteiger partial charge in [-0.25, -0.2) is 0 Å². The highest BCUT2D eigenvalue weighted by Gasteiger charge is 2.31. The van der Waals surface area contributed by atoms with Crippen molar-refractivity contribution in [2.24, 2.45) is 5.73 Å². The summed E-state index contributed by atoms with van der Waals surface area (Å²) in [7, 11) is 0. The Morgan fingerprint density at radius 1 is 0.880 bits per heavy atom. The molecule has 0 bridgehead atoms. The van der Waals surface area contributed by atoms with Gasteiger partial charge in [-0.1, -0.05) is 19.3 Å². The van der Waals surface area contributed by atoms with E-state index >= 15 is 0 Å². The van der Waals surface area contributed by atoms with Crippen LogP contribution in [0.5, 0.6) is 0 Å². The van der Waals surface area contributed by atoms with E-state index in [9.17, 15) is 25.2 Å². The van der Waals surface area contributed by atoms with E-state index in [2.05, 4.69) is 0 Å². The summed E-state index contributed by atoms with van der Waals surface area (Å²) in [6.07, 6.45) is -1.82. The van der Waals surface area contributed by atoms with Crippen LogP contribution in [0.4, 0.5) is 0 Å². The average Bonchev–Trinajstić information content (AvgIpc) is 2.61. The van der Waals surface area contributed by atoms with Crippen molar-refractivity contribution in [1.29, 1.82) is 0 Å². The quantitative estimate of drug-likeness (QED) is 0.157. The molecule has 150 valence electrons. The largest absolute Gasteiger partial charge is 0.395 e. The third kappa shape index (κ3) is 10.0. The average molecular weight is 366 g/mol. The maximum Gasteiger partial charge on any atom is 0.222 e. The van der Waals surface area contributed by atoms with Crippen molar-refractivity contribution in [3.8, 4) is 0 Å². The third-order valence-electron chi connectivity index (χ3n) is 4.05. The van der Waals surface area contributed by atoms with Crippen molar-refractivity contribution in [2.75, 3.05) is 32.8 Å². The lowest BCUT2D eigenvalue weighted by molar-refractivity contribution is -0.140. The van der Waals surface area contributed by atoms with Crippen LogP contribution in [-0.2, 0) is 4.79 Å². The first-order valence-electron chi connectivity index (χ1n) is 8.80. The van der Waals surface area contributed by atoms with Crippen LogP contribution in [0.1, 0.15) is 38.5 Å². The Kier molecular flexibility index (Phi) is 13.9. The van der Waals surface area contributed by atoms with E-state index in [0.717, 1.165) is 25.7 Å². The van der Waals surface area contributed by atoms with Gasteiger partial charge in [0.25, 0.3) is 0 Å². The predicted octanol–water partition coefficient (Wildman–Crippen LogP) is -2.46. The van der Waals surface area contributed by atoms with E-state index in [1.165, 1.54) is 4.90 Å². The number of aliphatic hydroxyl groups is 6. The highest BCUT2D eigenvalue weighted by atomic mass is 16.4.